The topological polar surface area (TPSA) is 51.7 Å². The molecule has 2 nitrogen and oxygen atoms in total. The number of hydrogen-bond acceptors (Lipinski definition) is 1. The van der Waals surface area contributed by atoms with Crippen molar-refractivity contribution in [2.45, 2.75) is 0 Å². The van der Waals surface area contributed by atoms with E-state index in [9.17, 15) is 0 Å². The minimum Gasteiger partial charge on any atom is -0.569 e. The third-order valence-corrected chi connectivity index (χ3v) is 0. The SMILES string of the molecule is O.[CH2-]O.[W]. The van der Waals surface area contributed by atoms with Gasteiger partial charge in [0.2, 0.25) is 0 Å². The first-order valence-corrected chi connectivity index (χ1v) is 0.316. The second-order valence-corrected chi connectivity index (χ2v) is 0. The molecule has 0 radical (unpaired) electrons. The van der Waals surface area contributed by atoms with Gasteiger partial charge in [0.1, 0.15) is 0 Å². The molecule has 3 N–H and O–H groups in total. The Labute approximate surface area is 39.4 Å². The summed E-state index contributed by atoms with van der Waals surface area (Å²) in [6, 6.07) is 0. The number of rotatable bonds is 0. The van der Waals surface area contributed by atoms with Crippen molar-refractivity contribution >= 4 is 0 Å². The fourth-order valence-corrected chi connectivity index (χ4v) is 0. The molecular formula is CH5O2W-. The Morgan fingerprint density at radius 3 is 1.25 bits per heavy atom. The van der Waals surface area contributed by atoms with Gasteiger partial charge in [0.05, 0.1) is 0 Å². The predicted molar refractivity (Wildman–Crippen MR) is 10.9 cm³/mol. The molecule has 0 bridgehead atoms. The summed E-state index contributed by atoms with van der Waals surface area (Å²) < 4.78 is 0. The standard InChI is InChI=1S/CH3O.H2O.W/c1-2;;/h2H,1H2;1H2;/q-1;;. The van der Waals surface area contributed by atoms with Gasteiger partial charge in [0.25, 0.3) is 0 Å². The van der Waals surface area contributed by atoms with Gasteiger partial charge in [-0.25, -0.2) is 7.11 Å². The van der Waals surface area contributed by atoms with E-state index < -0.39 is 0 Å². The number of hydrogen-bond donors (Lipinski definition) is 1. The molecule has 0 heterocycles. The Balaban J connectivity index is -0.00000000500. The maximum Gasteiger partial charge on any atom is 0 e. The van der Waals surface area contributed by atoms with E-state index in [2.05, 4.69) is 7.11 Å². The number of aliphatic hydroxyl groups excluding tert-OH is 1. The minimum atomic E-state index is 0. The van der Waals surface area contributed by atoms with Gasteiger partial charge in [-0.05, 0) is 0 Å². The summed E-state index contributed by atoms with van der Waals surface area (Å²) in [6.07, 6.45) is 0. The summed E-state index contributed by atoms with van der Waals surface area (Å²) in [4.78, 5) is 0. The summed E-state index contributed by atoms with van der Waals surface area (Å²) in [5, 5.41) is 6.75. The Bertz CT molecular complexity index is 6.00. The van der Waals surface area contributed by atoms with Crippen molar-refractivity contribution in [2.75, 3.05) is 0 Å². The van der Waals surface area contributed by atoms with Crippen LogP contribution >= 0.6 is 0 Å². The van der Waals surface area contributed by atoms with E-state index in [0.717, 1.165) is 0 Å². The smallest absolute Gasteiger partial charge is 0 e. The van der Waals surface area contributed by atoms with Crippen molar-refractivity contribution in [1.82, 2.24) is 0 Å². The first-order valence-electron chi connectivity index (χ1n) is 0.316. The molecular weight excluding hydrogens is 228 g/mol. The summed E-state index contributed by atoms with van der Waals surface area (Å²) in [7, 11) is 2.25. The van der Waals surface area contributed by atoms with Gasteiger partial charge in [-0.2, -0.15) is 0 Å². The second kappa shape index (κ2) is 66.3. The fraction of sp³-hybridized carbons (Fsp3) is 0. The van der Waals surface area contributed by atoms with Crippen LogP contribution in [0.1, 0.15) is 0 Å². The van der Waals surface area contributed by atoms with Crippen LogP contribution in [0.25, 0.3) is 0 Å². The van der Waals surface area contributed by atoms with Crippen LogP contribution < -0.4 is 0 Å². The van der Waals surface area contributed by atoms with Crippen molar-refractivity contribution in [3.63, 3.8) is 0 Å². The quantitative estimate of drug-likeness (QED) is 0.554. The Morgan fingerprint density at radius 1 is 1.25 bits per heavy atom. The van der Waals surface area contributed by atoms with Crippen LogP contribution in [0, 0.1) is 7.11 Å². The summed E-state index contributed by atoms with van der Waals surface area (Å²) in [6.45, 7) is 0. The molecule has 0 aliphatic carbocycles. The minimum absolute atomic E-state index is 0. The molecule has 0 aromatic heterocycles. The average molecular weight is 233 g/mol. The summed E-state index contributed by atoms with van der Waals surface area (Å²) in [5.74, 6) is 0. The molecule has 0 saturated heterocycles. The van der Waals surface area contributed by atoms with Crippen molar-refractivity contribution < 1.29 is 31.6 Å². The van der Waals surface area contributed by atoms with Gasteiger partial charge in [0.15, 0.2) is 0 Å². The average Bonchev–Trinajstić information content (AvgIpc) is 1.00. The van der Waals surface area contributed by atoms with Crippen LogP contribution in [0.4, 0.5) is 0 Å². The largest absolute Gasteiger partial charge is 0.569 e. The van der Waals surface area contributed by atoms with E-state index in [0.29, 0.717) is 0 Å². The molecule has 0 spiro atoms. The van der Waals surface area contributed by atoms with Gasteiger partial charge in [-0.1, -0.05) is 0 Å². The Morgan fingerprint density at radius 2 is 1.25 bits per heavy atom. The molecule has 0 rings (SSSR count). The molecule has 0 aromatic carbocycles. The van der Waals surface area contributed by atoms with E-state index in [4.69, 9.17) is 5.11 Å². The molecule has 0 amide bonds. The van der Waals surface area contributed by atoms with Gasteiger partial charge in [0, 0.05) is 21.1 Å². The van der Waals surface area contributed by atoms with E-state index in [-0.39, 0.29) is 26.5 Å². The molecule has 0 atom stereocenters. The maximum absolute atomic E-state index is 6.75. The maximum atomic E-state index is 6.75. The van der Waals surface area contributed by atoms with E-state index in [1.165, 1.54) is 0 Å². The molecule has 0 aliphatic rings. The first kappa shape index (κ1) is 23.2. The molecule has 0 aliphatic heterocycles. The van der Waals surface area contributed by atoms with Crippen molar-refractivity contribution in [3.8, 4) is 0 Å². The third-order valence-electron chi connectivity index (χ3n) is 0. The predicted octanol–water partition coefficient (Wildman–Crippen LogP) is -0.677. The van der Waals surface area contributed by atoms with Crippen LogP contribution in [0.3, 0.4) is 0 Å². The second-order valence-electron chi connectivity index (χ2n) is 0. The summed E-state index contributed by atoms with van der Waals surface area (Å²) in [5.41, 5.74) is 0. The van der Waals surface area contributed by atoms with Crippen molar-refractivity contribution in [1.29, 1.82) is 0 Å². The fourth-order valence-electron chi connectivity index (χ4n) is 0. The molecule has 28 valence electrons. The van der Waals surface area contributed by atoms with E-state index >= 15 is 0 Å². The van der Waals surface area contributed by atoms with E-state index in [1.54, 1.807) is 0 Å². The third kappa shape index (κ3) is 18.2. The Kier molecular flexibility index (Phi) is 385. The zero-order chi connectivity index (χ0) is 2.00. The van der Waals surface area contributed by atoms with E-state index in [1.807, 2.05) is 0 Å². The van der Waals surface area contributed by atoms with Crippen LogP contribution in [0.15, 0.2) is 0 Å². The van der Waals surface area contributed by atoms with Crippen LogP contribution in [0.2, 0.25) is 0 Å². The Hall–Kier alpha value is 0.608. The number of aliphatic hydroxyl groups is 1. The molecule has 0 saturated carbocycles. The summed E-state index contributed by atoms with van der Waals surface area (Å²) >= 11 is 0. The monoisotopic (exact) mass is 233 g/mol. The van der Waals surface area contributed by atoms with Gasteiger partial charge >= 0.3 is 0 Å². The van der Waals surface area contributed by atoms with Crippen LogP contribution in [-0.2, 0) is 21.1 Å². The molecule has 4 heavy (non-hydrogen) atoms. The zero-order valence-electron chi connectivity index (χ0n) is 2.06. The zero-order valence-corrected chi connectivity index (χ0v) is 5.00. The first-order chi connectivity index (χ1) is 1.00. The van der Waals surface area contributed by atoms with Gasteiger partial charge < -0.3 is 10.6 Å². The van der Waals surface area contributed by atoms with Crippen LogP contribution in [-0.4, -0.2) is 10.6 Å². The van der Waals surface area contributed by atoms with Crippen LogP contribution in [0.5, 0.6) is 0 Å². The normalized spacial score (nSPS) is 1.50. The van der Waals surface area contributed by atoms with Gasteiger partial charge in [-0.3, -0.25) is 0 Å². The molecule has 0 fully saturated rings. The van der Waals surface area contributed by atoms with Gasteiger partial charge in [-0.15, -0.1) is 0 Å². The molecule has 0 aromatic rings. The van der Waals surface area contributed by atoms with Crippen molar-refractivity contribution in [3.05, 3.63) is 7.11 Å². The van der Waals surface area contributed by atoms with Crippen molar-refractivity contribution in [2.24, 2.45) is 0 Å². The molecule has 3 heteroatoms. The molecule has 0 unspecified atom stereocenters.